The number of nitrogens with zero attached hydrogens (tertiary/aromatic N) is 2. The van der Waals surface area contributed by atoms with Crippen molar-refractivity contribution in [3.63, 3.8) is 0 Å². The largest absolute Gasteiger partial charge is 0.416 e. The van der Waals surface area contributed by atoms with Gasteiger partial charge in [0.05, 0.1) is 16.1 Å². The molecule has 2 amide bonds. The predicted molar refractivity (Wildman–Crippen MR) is 145 cm³/mol. The number of rotatable bonds is 7. The van der Waals surface area contributed by atoms with Crippen LogP contribution in [0.15, 0.2) is 18.2 Å². The summed E-state index contributed by atoms with van der Waals surface area (Å²) in [5.41, 5.74) is 4.06. The first-order chi connectivity index (χ1) is 17.8. The molecule has 12 heteroatoms. The van der Waals surface area contributed by atoms with Crippen LogP contribution in [0.1, 0.15) is 76.2 Å². The molecule has 1 aromatic rings. The summed E-state index contributed by atoms with van der Waals surface area (Å²) in [5, 5.41) is 2.57. The number of nitrogen functional groups attached to an aromatic ring is 1. The third-order valence-electron chi connectivity index (χ3n) is 8.16. The minimum absolute atomic E-state index is 0.0477. The number of hydrogen-bond donors (Lipinski definition) is 2. The molecule has 0 aromatic heterocycles. The van der Waals surface area contributed by atoms with Gasteiger partial charge in [0.2, 0.25) is 5.91 Å². The summed E-state index contributed by atoms with van der Waals surface area (Å²) in [6.45, 7) is 9.52. The van der Waals surface area contributed by atoms with Crippen LogP contribution in [0.2, 0.25) is 0 Å². The van der Waals surface area contributed by atoms with Gasteiger partial charge in [0.15, 0.2) is 9.84 Å². The van der Waals surface area contributed by atoms with E-state index in [0.29, 0.717) is 25.5 Å². The number of benzene rings is 1. The third-order valence-corrected chi connectivity index (χ3v) is 10.9. The van der Waals surface area contributed by atoms with E-state index in [2.05, 4.69) is 24.1 Å². The van der Waals surface area contributed by atoms with Gasteiger partial charge < -0.3 is 20.9 Å². The van der Waals surface area contributed by atoms with Crippen molar-refractivity contribution in [3.8, 4) is 0 Å². The van der Waals surface area contributed by atoms with E-state index in [1.165, 1.54) is 0 Å². The fourth-order valence-electron chi connectivity index (χ4n) is 5.49. The highest BCUT2D eigenvalue weighted by atomic mass is 32.2. The van der Waals surface area contributed by atoms with Crippen molar-refractivity contribution in [3.05, 3.63) is 29.3 Å². The molecule has 2 aliphatic rings. The molecule has 1 aliphatic carbocycles. The van der Waals surface area contributed by atoms with Gasteiger partial charge in [-0.1, -0.05) is 0 Å². The van der Waals surface area contributed by atoms with Gasteiger partial charge in [-0.15, -0.1) is 0 Å². The monoisotopic (exact) mass is 574 g/mol. The Bertz CT molecular complexity index is 1180. The number of halogens is 3. The Labute approximate surface area is 229 Å². The summed E-state index contributed by atoms with van der Waals surface area (Å²) >= 11 is 0. The van der Waals surface area contributed by atoms with Crippen LogP contribution >= 0.6 is 0 Å². The number of carbonyl (C=O) groups is 2. The lowest BCUT2D eigenvalue weighted by atomic mass is 9.81. The number of amides is 2. The first-order valence-electron chi connectivity index (χ1n) is 13.3. The van der Waals surface area contributed by atoms with Crippen molar-refractivity contribution >= 4 is 27.3 Å². The quantitative estimate of drug-likeness (QED) is 0.480. The molecule has 1 saturated heterocycles. The molecule has 0 radical (unpaired) electrons. The molecule has 220 valence electrons. The highest BCUT2D eigenvalue weighted by Crippen LogP contribution is 2.36. The van der Waals surface area contributed by atoms with Crippen molar-refractivity contribution < 1.29 is 31.2 Å². The Hall–Kier alpha value is -2.34. The molecular formula is C27H41F3N4O4S. The van der Waals surface area contributed by atoms with E-state index in [-0.39, 0.29) is 53.4 Å². The number of alkyl halides is 3. The number of carbonyl (C=O) groups excluding carboxylic acids is 2. The Kier molecular flexibility index (Phi) is 9.01. The molecule has 3 N–H and O–H groups in total. The van der Waals surface area contributed by atoms with Crippen molar-refractivity contribution in [2.24, 2.45) is 5.92 Å². The van der Waals surface area contributed by atoms with Crippen LogP contribution in [-0.2, 0) is 20.8 Å². The molecule has 0 unspecified atom stereocenters. The third kappa shape index (κ3) is 7.06. The lowest BCUT2D eigenvalue weighted by Crippen LogP contribution is -2.53. The van der Waals surface area contributed by atoms with Crippen LogP contribution in [0.5, 0.6) is 0 Å². The second kappa shape index (κ2) is 11.3. The zero-order valence-corrected chi connectivity index (χ0v) is 24.3. The molecule has 1 aliphatic heterocycles. The van der Waals surface area contributed by atoms with Gasteiger partial charge in [-0.05, 0) is 91.5 Å². The average Bonchev–Trinajstić information content (AvgIpc) is 3.16. The summed E-state index contributed by atoms with van der Waals surface area (Å²) in [6, 6.07) is 1.84. The van der Waals surface area contributed by atoms with Gasteiger partial charge in [-0.25, -0.2) is 8.42 Å². The summed E-state index contributed by atoms with van der Waals surface area (Å²) < 4.78 is 65.0. The first kappa shape index (κ1) is 31.2. The van der Waals surface area contributed by atoms with Crippen molar-refractivity contribution in [1.82, 2.24) is 15.1 Å². The van der Waals surface area contributed by atoms with Gasteiger partial charge >= 0.3 is 6.18 Å². The Morgan fingerprint density at radius 1 is 1.15 bits per heavy atom. The number of nitrogens with one attached hydrogen (secondary N) is 1. The molecule has 1 saturated carbocycles. The van der Waals surface area contributed by atoms with E-state index in [4.69, 9.17) is 5.73 Å². The molecule has 4 atom stereocenters. The van der Waals surface area contributed by atoms with Crippen LogP contribution in [0.4, 0.5) is 18.9 Å². The molecular weight excluding hydrogens is 533 g/mol. The maximum atomic E-state index is 13.4. The van der Waals surface area contributed by atoms with E-state index >= 15 is 0 Å². The van der Waals surface area contributed by atoms with Crippen molar-refractivity contribution in [2.45, 2.75) is 95.4 Å². The van der Waals surface area contributed by atoms with Gasteiger partial charge in [0.1, 0.15) is 6.04 Å². The van der Waals surface area contributed by atoms with Gasteiger partial charge in [0, 0.05) is 35.9 Å². The molecule has 0 bridgehead atoms. The fraction of sp³-hybridized carbons (Fsp3) is 0.704. The van der Waals surface area contributed by atoms with Crippen LogP contribution in [-0.4, -0.2) is 78.3 Å². The molecule has 39 heavy (non-hydrogen) atoms. The van der Waals surface area contributed by atoms with Crippen LogP contribution in [0, 0.1) is 5.92 Å². The molecule has 8 nitrogen and oxygen atoms in total. The van der Waals surface area contributed by atoms with E-state index < -0.39 is 38.3 Å². The molecule has 1 aromatic carbocycles. The number of hydrogen-bond acceptors (Lipinski definition) is 6. The minimum atomic E-state index is -4.67. The highest BCUT2D eigenvalue weighted by Gasteiger charge is 2.45. The SMILES string of the molecule is CC(C)N(C)[C@@H]1CC[C@H](N2CC[C@H](NC(=O)c3cc(N)cc(C(F)(F)F)c3)C2=O)[C@@H](CS(=O)(=O)C(C)(C)C)C1. The maximum Gasteiger partial charge on any atom is 0.416 e. The maximum absolute atomic E-state index is 13.4. The van der Waals surface area contributed by atoms with Gasteiger partial charge in [0.25, 0.3) is 5.91 Å². The highest BCUT2D eigenvalue weighted by molar-refractivity contribution is 7.92. The number of likely N-dealkylation sites (tertiary alicyclic amines) is 1. The zero-order valence-electron chi connectivity index (χ0n) is 23.5. The van der Waals surface area contributed by atoms with Crippen LogP contribution in [0.3, 0.4) is 0 Å². The lowest BCUT2D eigenvalue weighted by Gasteiger charge is -2.45. The molecule has 2 fully saturated rings. The standard InChI is InChI=1S/C27H41F3N4O4S/c1-16(2)33(6)21-7-8-23(18(13-21)15-39(37,38)26(3,4)5)34-10-9-22(25(34)36)32-24(35)17-11-19(27(28,29)30)14-20(31)12-17/h11-12,14,16,18,21-23H,7-10,13,15,31H2,1-6H3,(H,32,35)/t18-,21-,22+,23+/m1/s1. The smallest absolute Gasteiger partial charge is 0.399 e. The van der Waals surface area contributed by atoms with E-state index in [0.717, 1.165) is 18.6 Å². The summed E-state index contributed by atoms with van der Waals surface area (Å²) in [7, 11) is -1.44. The summed E-state index contributed by atoms with van der Waals surface area (Å²) in [5.74, 6) is -1.49. The van der Waals surface area contributed by atoms with Crippen LogP contribution in [0.25, 0.3) is 0 Å². The molecule has 1 heterocycles. The molecule has 3 rings (SSSR count). The van der Waals surface area contributed by atoms with E-state index in [1.54, 1.807) is 25.7 Å². The Morgan fingerprint density at radius 2 is 1.79 bits per heavy atom. The van der Waals surface area contributed by atoms with Crippen LogP contribution < -0.4 is 11.1 Å². The summed E-state index contributed by atoms with van der Waals surface area (Å²) in [4.78, 5) is 30.2. The van der Waals surface area contributed by atoms with E-state index in [9.17, 15) is 31.2 Å². The second-order valence-electron chi connectivity index (χ2n) is 12.1. The number of anilines is 1. The van der Waals surface area contributed by atoms with Crippen molar-refractivity contribution in [1.29, 1.82) is 0 Å². The zero-order chi connectivity index (χ0) is 29.5. The average molecular weight is 575 g/mol. The second-order valence-corrected chi connectivity index (χ2v) is 14.9. The van der Waals surface area contributed by atoms with E-state index in [1.807, 2.05) is 7.05 Å². The topological polar surface area (TPSA) is 113 Å². The fourth-order valence-corrected chi connectivity index (χ4v) is 6.91. The normalized spacial score (nSPS) is 25.0. The lowest BCUT2D eigenvalue weighted by molar-refractivity contribution is -0.137. The predicted octanol–water partition coefficient (Wildman–Crippen LogP) is 3.71. The summed E-state index contributed by atoms with van der Waals surface area (Å²) in [6.07, 6.45) is -2.34. The first-order valence-corrected chi connectivity index (χ1v) is 15.0. The minimum Gasteiger partial charge on any atom is -0.399 e. The Balaban J connectivity index is 1.79. The number of sulfone groups is 1. The Morgan fingerprint density at radius 3 is 2.36 bits per heavy atom. The van der Waals surface area contributed by atoms with Crippen molar-refractivity contribution in [2.75, 3.05) is 25.1 Å². The molecule has 0 spiro atoms. The number of nitrogens with two attached hydrogens (primary N) is 1. The van der Waals surface area contributed by atoms with Gasteiger partial charge in [-0.2, -0.15) is 13.2 Å². The van der Waals surface area contributed by atoms with Gasteiger partial charge in [-0.3, -0.25) is 9.59 Å².